The first-order chi connectivity index (χ1) is 8.16. The highest BCUT2D eigenvalue weighted by molar-refractivity contribution is 5.81. The van der Waals surface area contributed by atoms with Crippen molar-refractivity contribution in [1.29, 1.82) is 0 Å². The molecule has 1 aliphatic rings. The Labute approximate surface area is 102 Å². The second kappa shape index (κ2) is 5.21. The summed E-state index contributed by atoms with van der Waals surface area (Å²) in [6.07, 6.45) is 2.55. The van der Waals surface area contributed by atoms with Gasteiger partial charge in [0.05, 0.1) is 0 Å². The zero-order chi connectivity index (χ0) is 12.3. The fourth-order valence-corrected chi connectivity index (χ4v) is 2.11. The SMILES string of the molecule is Cc1ccc(OC2CCCCNC2=O)c(C)c1. The Morgan fingerprint density at radius 2 is 2.12 bits per heavy atom. The smallest absolute Gasteiger partial charge is 0.261 e. The molecule has 1 amide bonds. The zero-order valence-corrected chi connectivity index (χ0v) is 10.5. The highest BCUT2D eigenvalue weighted by atomic mass is 16.5. The molecule has 1 aliphatic heterocycles. The van der Waals surface area contributed by atoms with E-state index in [0.717, 1.165) is 37.1 Å². The molecule has 1 unspecified atom stereocenters. The quantitative estimate of drug-likeness (QED) is 0.851. The van der Waals surface area contributed by atoms with Gasteiger partial charge < -0.3 is 10.1 Å². The number of hydrogen-bond acceptors (Lipinski definition) is 2. The molecule has 0 aromatic heterocycles. The summed E-state index contributed by atoms with van der Waals surface area (Å²) < 4.78 is 5.82. The van der Waals surface area contributed by atoms with E-state index >= 15 is 0 Å². The monoisotopic (exact) mass is 233 g/mol. The van der Waals surface area contributed by atoms with Crippen LogP contribution in [0.5, 0.6) is 5.75 Å². The minimum Gasteiger partial charge on any atom is -0.480 e. The van der Waals surface area contributed by atoms with E-state index < -0.39 is 0 Å². The first-order valence-electron chi connectivity index (χ1n) is 6.18. The van der Waals surface area contributed by atoms with Crippen LogP contribution in [0.3, 0.4) is 0 Å². The summed E-state index contributed by atoms with van der Waals surface area (Å²) in [7, 11) is 0. The van der Waals surface area contributed by atoms with Gasteiger partial charge in [0.2, 0.25) is 0 Å². The van der Waals surface area contributed by atoms with Crippen LogP contribution in [0, 0.1) is 13.8 Å². The maximum atomic E-state index is 11.8. The fourth-order valence-electron chi connectivity index (χ4n) is 2.11. The lowest BCUT2D eigenvalue weighted by atomic mass is 10.1. The Hall–Kier alpha value is -1.51. The van der Waals surface area contributed by atoms with E-state index in [1.54, 1.807) is 0 Å². The highest BCUT2D eigenvalue weighted by Gasteiger charge is 2.22. The number of ether oxygens (including phenoxy) is 1. The van der Waals surface area contributed by atoms with Crippen molar-refractivity contribution in [3.63, 3.8) is 0 Å². The Bertz CT molecular complexity index is 415. The van der Waals surface area contributed by atoms with E-state index in [0.29, 0.717) is 0 Å². The summed E-state index contributed by atoms with van der Waals surface area (Å²) >= 11 is 0. The first-order valence-corrected chi connectivity index (χ1v) is 6.18. The van der Waals surface area contributed by atoms with Gasteiger partial charge in [0, 0.05) is 6.54 Å². The minimum absolute atomic E-state index is 0.0162. The van der Waals surface area contributed by atoms with Gasteiger partial charge in [-0.25, -0.2) is 0 Å². The molecule has 1 N–H and O–H groups in total. The molecule has 3 nitrogen and oxygen atoms in total. The van der Waals surface area contributed by atoms with Crippen molar-refractivity contribution in [3.8, 4) is 5.75 Å². The Morgan fingerprint density at radius 3 is 2.88 bits per heavy atom. The summed E-state index contributed by atoms with van der Waals surface area (Å²) in [5.74, 6) is 0.833. The van der Waals surface area contributed by atoms with E-state index in [1.807, 2.05) is 19.1 Å². The van der Waals surface area contributed by atoms with Crippen molar-refractivity contribution in [2.24, 2.45) is 0 Å². The van der Waals surface area contributed by atoms with Crippen LogP contribution in [0.4, 0.5) is 0 Å². The molecule has 17 heavy (non-hydrogen) atoms. The predicted molar refractivity (Wildman–Crippen MR) is 67.2 cm³/mol. The largest absolute Gasteiger partial charge is 0.480 e. The summed E-state index contributed by atoms with van der Waals surface area (Å²) in [5.41, 5.74) is 2.29. The van der Waals surface area contributed by atoms with E-state index in [9.17, 15) is 4.79 Å². The third-order valence-corrected chi connectivity index (χ3v) is 3.08. The van der Waals surface area contributed by atoms with Gasteiger partial charge in [-0.1, -0.05) is 17.7 Å². The molecule has 0 radical (unpaired) electrons. The molecule has 92 valence electrons. The molecule has 0 spiro atoms. The summed E-state index contributed by atoms with van der Waals surface area (Å²) in [6.45, 7) is 4.83. The molecule has 1 heterocycles. The molecule has 2 rings (SSSR count). The molecule has 0 bridgehead atoms. The van der Waals surface area contributed by atoms with Gasteiger partial charge in [-0.15, -0.1) is 0 Å². The molecule has 1 fully saturated rings. The molecule has 1 aromatic rings. The molecule has 1 atom stereocenters. The van der Waals surface area contributed by atoms with Crippen LogP contribution >= 0.6 is 0 Å². The number of benzene rings is 1. The lowest BCUT2D eigenvalue weighted by Gasteiger charge is -2.17. The van der Waals surface area contributed by atoms with Crippen LogP contribution in [-0.2, 0) is 4.79 Å². The van der Waals surface area contributed by atoms with Crippen LogP contribution < -0.4 is 10.1 Å². The first kappa shape index (κ1) is 12.0. The second-order valence-electron chi connectivity index (χ2n) is 4.66. The van der Waals surface area contributed by atoms with E-state index in [1.165, 1.54) is 5.56 Å². The van der Waals surface area contributed by atoms with Crippen molar-refractivity contribution in [2.45, 2.75) is 39.2 Å². The zero-order valence-electron chi connectivity index (χ0n) is 10.5. The van der Waals surface area contributed by atoms with E-state index in [2.05, 4.69) is 18.3 Å². The van der Waals surface area contributed by atoms with Gasteiger partial charge in [-0.3, -0.25) is 4.79 Å². The topological polar surface area (TPSA) is 38.3 Å². The summed E-state index contributed by atoms with van der Waals surface area (Å²) in [4.78, 5) is 11.8. The van der Waals surface area contributed by atoms with Gasteiger partial charge in [0.25, 0.3) is 5.91 Å². The van der Waals surface area contributed by atoms with Crippen molar-refractivity contribution in [2.75, 3.05) is 6.54 Å². The van der Waals surface area contributed by atoms with Gasteiger partial charge >= 0.3 is 0 Å². The van der Waals surface area contributed by atoms with Crippen molar-refractivity contribution < 1.29 is 9.53 Å². The molecular weight excluding hydrogens is 214 g/mol. The predicted octanol–water partition coefficient (Wildman–Crippen LogP) is 2.35. The third kappa shape index (κ3) is 2.99. The number of rotatable bonds is 2. The van der Waals surface area contributed by atoms with Gasteiger partial charge in [-0.05, 0) is 44.7 Å². The van der Waals surface area contributed by atoms with Crippen LogP contribution in [0.1, 0.15) is 30.4 Å². The number of carbonyl (C=O) groups is 1. The maximum Gasteiger partial charge on any atom is 0.261 e. The van der Waals surface area contributed by atoms with Gasteiger partial charge in [0.15, 0.2) is 6.10 Å². The lowest BCUT2D eigenvalue weighted by molar-refractivity contribution is -0.127. The van der Waals surface area contributed by atoms with Crippen molar-refractivity contribution >= 4 is 5.91 Å². The third-order valence-electron chi connectivity index (χ3n) is 3.08. The highest BCUT2D eigenvalue weighted by Crippen LogP contribution is 2.22. The molecule has 0 saturated carbocycles. The normalized spacial score (nSPS) is 20.6. The number of amides is 1. The Kier molecular flexibility index (Phi) is 3.67. The number of nitrogens with one attached hydrogen (secondary N) is 1. The van der Waals surface area contributed by atoms with Crippen LogP contribution in [0.2, 0.25) is 0 Å². The average molecular weight is 233 g/mol. The second-order valence-corrected chi connectivity index (χ2v) is 4.66. The van der Waals surface area contributed by atoms with Crippen molar-refractivity contribution in [1.82, 2.24) is 5.32 Å². The molecule has 1 saturated heterocycles. The Balaban J connectivity index is 2.10. The average Bonchev–Trinajstić information content (AvgIpc) is 2.48. The molecule has 0 aliphatic carbocycles. The van der Waals surface area contributed by atoms with Crippen LogP contribution in [0.15, 0.2) is 18.2 Å². The van der Waals surface area contributed by atoms with E-state index in [-0.39, 0.29) is 12.0 Å². The van der Waals surface area contributed by atoms with Gasteiger partial charge in [-0.2, -0.15) is 0 Å². The minimum atomic E-state index is -0.334. The summed E-state index contributed by atoms with van der Waals surface area (Å²) in [5, 5.41) is 2.88. The summed E-state index contributed by atoms with van der Waals surface area (Å²) in [6, 6.07) is 6.03. The van der Waals surface area contributed by atoms with Crippen LogP contribution in [0.25, 0.3) is 0 Å². The lowest BCUT2D eigenvalue weighted by Crippen LogP contribution is -2.36. The maximum absolute atomic E-state index is 11.8. The van der Waals surface area contributed by atoms with Crippen molar-refractivity contribution in [3.05, 3.63) is 29.3 Å². The van der Waals surface area contributed by atoms with Gasteiger partial charge in [0.1, 0.15) is 5.75 Å². The number of aryl methyl sites for hydroxylation is 2. The molecule has 3 heteroatoms. The molecular formula is C14H19NO2. The standard InChI is InChI=1S/C14H19NO2/c1-10-6-7-12(11(2)9-10)17-13-5-3-4-8-15-14(13)16/h6-7,9,13H,3-5,8H2,1-2H3,(H,15,16). The Morgan fingerprint density at radius 1 is 1.29 bits per heavy atom. The van der Waals surface area contributed by atoms with E-state index in [4.69, 9.17) is 4.74 Å². The fraction of sp³-hybridized carbons (Fsp3) is 0.500. The van der Waals surface area contributed by atoms with Crippen LogP contribution in [-0.4, -0.2) is 18.6 Å². The number of hydrogen-bond donors (Lipinski definition) is 1. The number of carbonyl (C=O) groups excluding carboxylic acids is 1. The molecule has 1 aromatic carbocycles.